The predicted octanol–water partition coefficient (Wildman–Crippen LogP) is 4.53. The van der Waals surface area contributed by atoms with E-state index in [1.807, 2.05) is 6.08 Å². The second-order valence-electron chi connectivity index (χ2n) is 5.71. The number of allylic oxidation sites excluding steroid dienone is 1. The van der Waals surface area contributed by atoms with E-state index in [9.17, 15) is 0 Å². The zero-order chi connectivity index (χ0) is 13.8. The number of nitrogens with zero attached hydrogens (tertiary/aromatic N) is 1. The molecule has 1 aliphatic rings. The molecule has 1 aromatic carbocycles. The third-order valence-corrected chi connectivity index (χ3v) is 4.27. The van der Waals surface area contributed by atoms with Gasteiger partial charge in [-0.15, -0.1) is 6.58 Å². The highest BCUT2D eigenvalue weighted by Crippen LogP contribution is 2.27. The molecule has 0 aliphatic heterocycles. The van der Waals surface area contributed by atoms with Crippen molar-refractivity contribution < 1.29 is 0 Å². The molecule has 0 unspecified atom stereocenters. The summed E-state index contributed by atoms with van der Waals surface area (Å²) in [6.07, 6.45) is 9.37. The predicted molar refractivity (Wildman–Crippen MR) is 85.1 cm³/mol. The van der Waals surface area contributed by atoms with Crippen LogP contribution in [0.5, 0.6) is 0 Å². The van der Waals surface area contributed by atoms with Crippen molar-refractivity contribution in [3.8, 4) is 0 Å². The summed E-state index contributed by atoms with van der Waals surface area (Å²) >= 11 is 0. The third-order valence-electron chi connectivity index (χ3n) is 4.27. The number of hydrogen-bond acceptors (Lipinski definition) is 0. The lowest BCUT2D eigenvalue weighted by Gasteiger charge is -2.13. The van der Waals surface area contributed by atoms with Crippen molar-refractivity contribution in [2.45, 2.75) is 45.1 Å². The Morgan fingerprint density at radius 3 is 2.80 bits per heavy atom. The van der Waals surface area contributed by atoms with E-state index in [1.165, 1.54) is 43.4 Å². The van der Waals surface area contributed by atoms with Crippen LogP contribution in [0.3, 0.4) is 0 Å². The van der Waals surface area contributed by atoms with Gasteiger partial charge in [0, 0.05) is 17.9 Å². The molecule has 0 amide bonds. The third kappa shape index (κ3) is 2.72. The van der Waals surface area contributed by atoms with Crippen LogP contribution in [0.15, 0.2) is 49.1 Å². The molecule has 0 bridgehead atoms. The van der Waals surface area contributed by atoms with Gasteiger partial charge in [0.2, 0.25) is 0 Å². The van der Waals surface area contributed by atoms with E-state index in [1.54, 1.807) is 11.3 Å². The summed E-state index contributed by atoms with van der Waals surface area (Å²) < 4.78 is 2.57. The first-order valence-electron chi connectivity index (χ1n) is 7.73. The highest BCUT2D eigenvalue weighted by atomic mass is 15.0. The molecule has 1 nitrogen and oxygen atoms in total. The van der Waals surface area contributed by atoms with Crippen LogP contribution in [0.1, 0.15) is 41.8 Å². The Bertz CT molecular complexity index is 577. The molecular weight excluding hydrogens is 242 g/mol. The maximum absolute atomic E-state index is 3.83. The summed E-state index contributed by atoms with van der Waals surface area (Å²) in [7, 11) is 0. The van der Waals surface area contributed by atoms with Gasteiger partial charge in [-0.3, -0.25) is 0 Å². The zero-order valence-electron chi connectivity index (χ0n) is 12.1. The van der Waals surface area contributed by atoms with Crippen LogP contribution in [0.4, 0.5) is 0 Å². The quantitative estimate of drug-likeness (QED) is 0.534. The standard InChI is InChI=1S/C19H23N/c1-2-3-5-12-18-14-17-11-8-13-19(17)20(18)15-16-9-6-4-7-10-16/h2,4,6-7,9-10,14H,1,3,5,8,11-13,15H2. The Morgan fingerprint density at radius 2 is 2.00 bits per heavy atom. The minimum atomic E-state index is 1.03. The number of aryl methyl sites for hydroxylation is 2. The number of fused-ring (bicyclic) bond motifs is 1. The second-order valence-corrected chi connectivity index (χ2v) is 5.71. The smallest absolute Gasteiger partial charge is 0.0475 e. The molecule has 104 valence electrons. The molecule has 0 N–H and O–H groups in total. The lowest BCUT2D eigenvalue weighted by Crippen LogP contribution is -2.07. The fourth-order valence-electron chi connectivity index (χ4n) is 3.26. The maximum atomic E-state index is 3.83. The first-order chi connectivity index (χ1) is 9.88. The van der Waals surface area contributed by atoms with Gasteiger partial charge in [-0.2, -0.15) is 0 Å². The first-order valence-corrected chi connectivity index (χ1v) is 7.73. The number of aromatic nitrogens is 1. The molecule has 1 heteroatoms. The van der Waals surface area contributed by atoms with Crippen molar-refractivity contribution in [1.82, 2.24) is 4.57 Å². The molecule has 20 heavy (non-hydrogen) atoms. The van der Waals surface area contributed by atoms with Gasteiger partial charge >= 0.3 is 0 Å². The van der Waals surface area contributed by atoms with Crippen LogP contribution in [-0.2, 0) is 25.8 Å². The summed E-state index contributed by atoms with van der Waals surface area (Å²) in [4.78, 5) is 0. The molecule has 0 radical (unpaired) electrons. The van der Waals surface area contributed by atoms with Crippen LogP contribution >= 0.6 is 0 Å². The summed E-state index contributed by atoms with van der Waals surface area (Å²) in [5.41, 5.74) is 6.10. The van der Waals surface area contributed by atoms with Gasteiger partial charge in [0.05, 0.1) is 0 Å². The summed E-state index contributed by atoms with van der Waals surface area (Å²) in [6.45, 7) is 4.85. The van der Waals surface area contributed by atoms with Crippen molar-refractivity contribution in [1.29, 1.82) is 0 Å². The Kier molecular flexibility index (Phi) is 4.05. The van der Waals surface area contributed by atoms with Gasteiger partial charge in [-0.05, 0) is 55.7 Å². The average molecular weight is 265 g/mol. The minimum Gasteiger partial charge on any atom is -0.344 e. The summed E-state index contributed by atoms with van der Waals surface area (Å²) in [5, 5.41) is 0. The average Bonchev–Trinajstić information content (AvgIpc) is 3.04. The molecule has 2 aromatic rings. The Hall–Kier alpha value is -1.76. The van der Waals surface area contributed by atoms with Crippen molar-refractivity contribution in [3.05, 3.63) is 71.6 Å². The monoisotopic (exact) mass is 265 g/mol. The molecule has 1 aliphatic carbocycles. The van der Waals surface area contributed by atoms with E-state index < -0.39 is 0 Å². The Morgan fingerprint density at radius 1 is 1.15 bits per heavy atom. The molecule has 3 rings (SSSR count). The minimum absolute atomic E-state index is 1.03. The van der Waals surface area contributed by atoms with Crippen LogP contribution in [0, 0.1) is 0 Å². The fraction of sp³-hybridized carbons (Fsp3) is 0.368. The zero-order valence-corrected chi connectivity index (χ0v) is 12.1. The Balaban J connectivity index is 1.85. The van der Waals surface area contributed by atoms with Crippen LogP contribution < -0.4 is 0 Å². The van der Waals surface area contributed by atoms with Gasteiger partial charge in [-0.25, -0.2) is 0 Å². The molecule has 0 saturated carbocycles. The maximum Gasteiger partial charge on any atom is 0.0475 e. The molecule has 0 saturated heterocycles. The molecule has 1 heterocycles. The van der Waals surface area contributed by atoms with Crippen molar-refractivity contribution in [2.75, 3.05) is 0 Å². The lowest BCUT2D eigenvalue weighted by molar-refractivity contribution is 0.676. The highest BCUT2D eigenvalue weighted by molar-refractivity contribution is 5.33. The van der Waals surface area contributed by atoms with Gasteiger partial charge < -0.3 is 4.57 Å². The van der Waals surface area contributed by atoms with Crippen LogP contribution in [-0.4, -0.2) is 4.57 Å². The summed E-state index contributed by atoms with van der Waals surface area (Å²) in [6, 6.07) is 13.3. The van der Waals surface area contributed by atoms with E-state index in [0.29, 0.717) is 0 Å². The topological polar surface area (TPSA) is 4.93 Å². The van der Waals surface area contributed by atoms with Crippen molar-refractivity contribution in [2.24, 2.45) is 0 Å². The van der Waals surface area contributed by atoms with Crippen molar-refractivity contribution in [3.63, 3.8) is 0 Å². The second kappa shape index (κ2) is 6.13. The number of unbranched alkanes of at least 4 members (excludes halogenated alkanes) is 1. The van der Waals surface area contributed by atoms with E-state index >= 15 is 0 Å². The summed E-state index contributed by atoms with van der Waals surface area (Å²) in [5.74, 6) is 0. The van der Waals surface area contributed by atoms with E-state index in [2.05, 4.69) is 47.5 Å². The normalized spacial score (nSPS) is 13.4. The van der Waals surface area contributed by atoms with Crippen LogP contribution in [0.25, 0.3) is 0 Å². The van der Waals surface area contributed by atoms with Gasteiger partial charge in [0.25, 0.3) is 0 Å². The SMILES string of the molecule is C=CCCCc1cc2c(n1Cc1ccccc1)CCC2. The van der Waals surface area contributed by atoms with Crippen LogP contribution in [0.2, 0.25) is 0 Å². The van der Waals surface area contributed by atoms with Gasteiger partial charge in [-0.1, -0.05) is 36.4 Å². The van der Waals surface area contributed by atoms with Gasteiger partial charge in [0.1, 0.15) is 0 Å². The highest BCUT2D eigenvalue weighted by Gasteiger charge is 2.19. The molecule has 1 aromatic heterocycles. The molecule has 0 atom stereocenters. The fourth-order valence-corrected chi connectivity index (χ4v) is 3.26. The largest absolute Gasteiger partial charge is 0.344 e. The molecule has 0 spiro atoms. The van der Waals surface area contributed by atoms with Crippen molar-refractivity contribution >= 4 is 0 Å². The van der Waals surface area contributed by atoms with E-state index in [-0.39, 0.29) is 0 Å². The molecular formula is C19H23N. The lowest BCUT2D eigenvalue weighted by atomic mass is 10.1. The number of hydrogen-bond donors (Lipinski definition) is 0. The Labute approximate surface area is 121 Å². The van der Waals surface area contributed by atoms with E-state index in [0.717, 1.165) is 13.0 Å². The van der Waals surface area contributed by atoms with E-state index in [4.69, 9.17) is 0 Å². The number of rotatable bonds is 6. The first kappa shape index (κ1) is 13.2. The van der Waals surface area contributed by atoms with Gasteiger partial charge in [0.15, 0.2) is 0 Å². The molecule has 0 fully saturated rings. The number of benzene rings is 1.